The zero-order chi connectivity index (χ0) is 20.1. The van der Waals surface area contributed by atoms with Crippen LogP contribution in [0.5, 0.6) is 0 Å². The minimum Gasteiger partial charge on any atom is -0.459 e. The molecule has 0 saturated carbocycles. The van der Waals surface area contributed by atoms with Crippen LogP contribution in [0.1, 0.15) is 41.8 Å². The zero-order valence-corrected chi connectivity index (χ0v) is 16.8. The Bertz CT molecular complexity index is 798. The molecule has 1 N–H and O–H groups in total. The van der Waals surface area contributed by atoms with E-state index in [1.807, 2.05) is 35.2 Å². The lowest BCUT2D eigenvalue weighted by Crippen LogP contribution is -2.51. The van der Waals surface area contributed by atoms with Crippen molar-refractivity contribution in [2.75, 3.05) is 26.2 Å². The summed E-state index contributed by atoms with van der Waals surface area (Å²) < 4.78 is 5.24. The van der Waals surface area contributed by atoms with Gasteiger partial charge >= 0.3 is 0 Å². The molecular weight excluding hydrogens is 366 g/mol. The molecule has 0 bridgehead atoms. The number of benzene rings is 1. The van der Waals surface area contributed by atoms with Crippen LogP contribution in [0.4, 0.5) is 0 Å². The van der Waals surface area contributed by atoms with E-state index in [0.29, 0.717) is 18.3 Å². The molecule has 4 rings (SSSR count). The zero-order valence-electron chi connectivity index (χ0n) is 16.8. The summed E-state index contributed by atoms with van der Waals surface area (Å²) in [5.74, 6) is 0.598. The third-order valence-corrected chi connectivity index (χ3v) is 6.13. The van der Waals surface area contributed by atoms with E-state index >= 15 is 0 Å². The first-order chi connectivity index (χ1) is 14.2. The first-order valence-corrected chi connectivity index (χ1v) is 10.6. The molecule has 0 radical (unpaired) electrons. The van der Waals surface area contributed by atoms with E-state index in [0.717, 1.165) is 57.4 Å². The molecule has 2 fully saturated rings. The van der Waals surface area contributed by atoms with Gasteiger partial charge in [0.2, 0.25) is 5.91 Å². The Morgan fingerprint density at radius 2 is 1.79 bits per heavy atom. The van der Waals surface area contributed by atoms with Crippen molar-refractivity contribution in [3.8, 4) is 0 Å². The maximum atomic E-state index is 12.7. The molecule has 0 aliphatic carbocycles. The van der Waals surface area contributed by atoms with E-state index in [4.69, 9.17) is 4.42 Å². The summed E-state index contributed by atoms with van der Waals surface area (Å²) in [5, 5.41) is 3.10. The number of likely N-dealkylation sites (tertiary alicyclic amines) is 2. The fourth-order valence-electron chi connectivity index (χ4n) is 4.47. The highest BCUT2D eigenvalue weighted by atomic mass is 16.3. The molecule has 6 nitrogen and oxygen atoms in total. The summed E-state index contributed by atoms with van der Waals surface area (Å²) in [6.07, 6.45) is 5.44. The van der Waals surface area contributed by atoms with Gasteiger partial charge in [-0.25, -0.2) is 0 Å². The molecule has 2 saturated heterocycles. The third kappa shape index (κ3) is 4.88. The van der Waals surface area contributed by atoms with Gasteiger partial charge in [0.05, 0.1) is 12.2 Å². The Balaban J connectivity index is 1.25. The van der Waals surface area contributed by atoms with E-state index < -0.39 is 0 Å². The maximum absolute atomic E-state index is 12.7. The Hall–Kier alpha value is -2.60. The number of furan rings is 1. The molecule has 2 aliphatic heterocycles. The molecular formula is C23H29N3O3. The maximum Gasteiger partial charge on any atom is 0.289 e. The van der Waals surface area contributed by atoms with Crippen molar-refractivity contribution in [1.29, 1.82) is 0 Å². The molecule has 6 heteroatoms. The second-order valence-corrected chi connectivity index (χ2v) is 8.04. The first kappa shape index (κ1) is 19.7. The number of hydrogen-bond acceptors (Lipinski definition) is 4. The molecule has 154 valence electrons. The minimum absolute atomic E-state index is 0.0229. The van der Waals surface area contributed by atoms with Gasteiger partial charge in [0, 0.05) is 32.2 Å². The summed E-state index contributed by atoms with van der Waals surface area (Å²) in [6, 6.07) is 13.9. The summed E-state index contributed by atoms with van der Waals surface area (Å²) >= 11 is 0. The van der Waals surface area contributed by atoms with Crippen molar-refractivity contribution >= 4 is 11.8 Å². The van der Waals surface area contributed by atoms with Gasteiger partial charge in [-0.05, 0) is 49.9 Å². The molecule has 0 spiro atoms. The summed E-state index contributed by atoms with van der Waals surface area (Å²) in [7, 11) is 0. The van der Waals surface area contributed by atoms with E-state index in [2.05, 4.69) is 10.2 Å². The number of nitrogens with zero attached hydrogens (tertiary/aromatic N) is 2. The van der Waals surface area contributed by atoms with Gasteiger partial charge in [-0.15, -0.1) is 0 Å². The van der Waals surface area contributed by atoms with Gasteiger partial charge in [0.25, 0.3) is 5.91 Å². The largest absolute Gasteiger partial charge is 0.459 e. The third-order valence-electron chi connectivity index (χ3n) is 6.13. The van der Waals surface area contributed by atoms with Gasteiger partial charge in [-0.3, -0.25) is 14.5 Å². The number of carbonyl (C=O) groups excluding carboxylic acids is 2. The monoisotopic (exact) mass is 395 g/mol. The van der Waals surface area contributed by atoms with Crippen molar-refractivity contribution < 1.29 is 14.0 Å². The highest BCUT2D eigenvalue weighted by Crippen LogP contribution is 2.25. The summed E-state index contributed by atoms with van der Waals surface area (Å²) in [5.41, 5.74) is 1.13. The molecule has 0 unspecified atom stereocenters. The first-order valence-electron chi connectivity index (χ1n) is 10.6. The van der Waals surface area contributed by atoms with Crippen LogP contribution in [0, 0.1) is 5.92 Å². The highest BCUT2D eigenvalue weighted by Gasteiger charge is 2.33. The van der Waals surface area contributed by atoms with Crippen LogP contribution in [-0.2, 0) is 11.3 Å². The molecule has 2 aliphatic rings. The Morgan fingerprint density at radius 1 is 1.00 bits per heavy atom. The number of rotatable bonds is 5. The van der Waals surface area contributed by atoms with Crippen molar-refractivity contribution in [1.82, 2.24) is 15.1 Å². The fourth-order valence-corrected chi connectivity index (χ4v) is 4.47. The van der Waals surface area contributed by atoms with Gasteiger partial charge < -0.3 is 14.6 Å². The molecule has 3 heterocycles. The smallest absolute Gasteiger partial charge is 0.289 e. The van der Waals surface area contributed by atoms with Crippen LogP contribution >= 0.6 is 0 Å². The lowest BCUT2D eigenvalue weighted by atomic mass is 9.93. The van der Waals surface area contributed by atoms with E-state index in [9.17, 15) is 9.59 Å². The standard InChI is InChI=1S/C23H29N3O3/c27-22(24-16-18-6-2-1-3-7-18)19-8-4-12-26(17-19)20-10-13-25(14-11-20)23(28)21-9-5-15-29-21/h1-3,5-7,9,15,19-20H,4,8,10-14,16-17H2,(H,24,27)/t19-/m1/s1. The SMILES string of the molecule is O=C(NCc1ccccc1)[C@@H]1CCCN(C2CCN(C(=O)c3ccco3)CC2)C1. The van der Waals surface area contributed by atoms with Gasteiger partial charge in [0.15, 0.2) is 5.76 Å². The molecule has 2 amide bonds. The number of nitrogens with one attached hydrogen (secondary N) is 1. The van der Waals surface area contributed by atoms with Crippen molar-refractivity contribution in [2.45, 2.75) is 38.3 Å². The highest BCUT2D eigenvalue weighted by molar-refractivity contribution is 5.91. The lowest BCUT2D eigenvalue weighted by molar-refractivity contribution is -0.127. The van der Waals surface area contributed by atoms with Crippen LogP contribution in [-0.4, -0.2) is 53.8 Å². The van der Waals surface area contributed by atoms with Crippen LogP contribution in [0.2, 0.25) is 0 Å². The average molecular weight is 396 g/mol. The van der Waals surface area contributed by atoms with Gasteiger partial charge in [-0.1, -0.05) is 30.3 Å². The molecule has 1 aromatic heterocycles. The van der Waals surface area contributed by atoms with Crippen LogP contribution in [0.25, 0.3) is 0 Å². The average Bonchev–Trinajstić information content (AvgIpc) is 3.33. The fraction of sp³-hybridized carbons (Fsp3) is 0.478. The van der Waals surface area contributed by atoms with Crippen molar-refractivity contribution in [2.24, 2.45) is 5.92 Å². The van der Waals surface area contributed by atoms with E-state index in [-0.39, 0.29) is 17.7 Å². The molecule has 29 heavy (non-hydrogen) atoms. The number of hydrogen-bond donors (Lipinski definition) is 1. The molecule has 1 atom stereocenters. The lowest BCUT2D eigenvalue weighted by Gasteiger charge is -2.41. The Kier molecular flexibility index (Phi) is 6.30. The molecule has 1 aromatic carbocycles. The second kappa shape index (κ2) is 9.27. The quantitative estimate of drug-likeness (QED) is 0.845. The number of amides is 2. The van der Waals surface area contributed by atoms with Crippen LogP contribution in [0.15, 0.2) is 53.1 Å². The predicted octanol–water partition coefficient (Wildman–Crippen LogP) is 2.91. The number of carbonyl (C=O) groups is 2. The summed E-state index contributed by atoms with van der Waals surface area (Å²) in [6.45, 7) is 3.93. The topological polar surface area (TPSA) is 65.8 Å². The van der Waals surface area contributed by atoms with Crippen LogP contribution in [0.3, 0.4) is 0 Å². The Morgan fingerprint density at radius 3 is 2.52 bits per heavy atom. The van der Waals surface area contributed by atoms with Gasteiger partial charge in [-0.2, -0.15) is 0 Å². The van der Waals surface area contributed by atoms with E-state index in [1.165, 1.54) is 6.26 Å². The predicted molar refractivity (Wildman–Crippen MR) is 110 cm³/mol. The van der Waals surface area contributed by atoms with Crippen molar-refractivity contribution in [3.63, 3.8) is 0 Å². The summed E-state index contributed by atoms with van der Waals surface area (Å²) in [4.78, 5) is 29.5. The number of piperidine rings is 2. The Labute approximate surface area is 171 Å². The van der Waals surface area contributed by atoms with E-state index in [1.54, 1.807) is 12.1 Å². The normalized spacial score (nSPS) is 21.1. The molecule has 2 aromatic rings. The second-order valence-electron chi connectivity index (χ2n) is 8.04. The van der Waals surface area contributed by atoms with Gasteiger partial charge in [0.1, 0.15) is 0 Å². The minimum atomic E-state index is -0.0229. The van der Waals surface area contributed by atoms with Crippen molar-refractivity contribution in [3.05, 3.63) is 60.1 Å². The van der Waals surface area contributed by atoms with Crippen LogP contribution < -0.4 is 5.32 Å².